The van der Waals surface area contributed by atoms with Gasteiger partial charge in [0.25, 0.3) is 11.8 Å². The summed E-state index contributed by atoms with van der Waals surface area (Å²) in [4.78, 5) is 25.5. The molecule has 8 heteroatoms. The van der Waals surface area contributed by atoms with Crippen molar-refractivity contribution in [2.24, 2.45) is 5.73 Å². The lowest BCUT2D eigenvalue weighted by molar-refractivity contribution is -0.119. The van der Waals surface area contributed by atoms with E-state index in [1.807, 2.05) is 0 Å². The van der Waals surface area contributed by atoms with Crippen LogP contribution in [0.1, 0.15) is 21.7 Å². The molecule has 0 bridgehead atoms. The molecule has 2 amide bonds. The second-order valence-corrected chi connectivity index (χ2v) is 6.34. The molecule has 4 N–H and O–H groups in total. The van der Waals surface area contributed by atoms with E-state index in [-0.39, 0.29) is 48.4 Å². The molecule has 0 unspecified atom stereocenters. The van der Waals surface area contributed by atoms with Gasteiger partial charge in [-0.25, -0.2) is 0 Å². The number of nitrogens with zero attached hydrogens (tertiary/aromatic N) is 1. The van der Waals surface area contributed by atoms with Crippen LogP contribution in [-0.2, 0) is 17.9 Å². The largest absolute Gasteiger partial charge is 0.508 e. The smallest absolute Gasteiger partial charge is 0.255 e. The number of hydrogen-bond acceptors (Lipinski definition) is 6. The Morgan fingerprint density at radius 1 is 1.03 bits per heavy atom. The predicted molar refractivity (Wildman–Crippen MR) is 103 cm³/mol. The highest BCUT2D eigenvalue weighted by Gasteiger charge is 2.19. The van der Waals surface area contributed by atoms with E-state index >= 15 is 0 Å². The molecule has 0 aliphatic rings. The van der Waals surface area contributed by atoms with Crippen LogP contribution in [0.3, 0.4) is 0 Å². The van der Waals surface area contributed by atoms with E-state index in [1.54, 1.807) is 41.3 Å². The van der Waals surface area contributed by atoms with E-state index in [0.29, 0.717) is 5.76 Å². The Hall–Kier alpha value is -3.94. The highest BCUT2D eigenvalue weighted by Crippen LogP contribution is 2.28. The molecule has 150 valence electrons. The molecule has 0 aliphatic carbocycles. The minimum absolute atomic E-state index is 0.0523. The molecule has 1 aromatic heterocycles. The van der Waals surface area contributed by atoms with Gasteiger partial charge in [-0.05, 0) is 48.0 Å². The number of aromatic hydroxyl groups is 2. The van der Waals surface area contributed by atoms with Gasteiger partial charge in [0.2, 0.25) is 0 Å². The molecule has 0 aliphatic heterocycles. The van der Waals surface area contributed by atoms with Crippen molar-refractivity contribution in [3.05, 3.63) is 77.7 Å². The number of ether oxygens (including phenoxy) is 1. The molecule has 0 fully saturated rings. The van der Waals surface area contributed by atoms with E-state index in [1.165, 1.54) is 24.5 Å². The second-order valence-electron chi connectivity index (χ2n) is 6.34. The zero-order valence-electron chi connectivity index (χ0n) is 15.4. The maximum absolute atomic E-state index is 13.1. The Morgan fingerprint density at radius 3 is 2.41 bits per heavy atom. The Bertz CT molecular complexity index is 983. The molecule has 3 aromatic rings. The van der Waals surface area contributed by atoms with Crippen LogP contribution in [0.4, 0.5) is 0 Å². The summed E-state index contributed by atoms with van der Waals surface area (Å²) in [5.41, 5.74) is 6.07. The van der Waals surface area contributed by atoms with Gasteiger partial charge in [-0.2, -0.15) is 0 Å². The van der Waals surface area contributed by atoms with Gasteiger partial charge in [-0.3, -0.25) is 9.59 Å². The number of amides is 2. The minimum atomic E-state index is -0.678. The summed E-state index contributed by atoms with van der Waals surface area (Å²) in [6, 6.07) is 14.2. The topological polar surface area (TPSA) is 126 Å². The van der Waals surface area contributed by atoms with Crippen molar-refractivity contribution in [1.29, 1.82) is 0 Å². The first kappa shape index (κ1) is 19.8. The monoisotopic (exact) mass is 396 g/mol. The summed E-state index contributed by atoms with van der Waals surface area (Å²) < 4.78 is 10.5. The van der Waals surface area contributed by atoms with Crippen LogP contribution in [0.15, 0.2) is 65.3 Å². The van der Waals surface area contributed by atoms with Crippen molar-refractivity contribution in [2.45, 2.75) is 13.1 Å². The highest BCUT2D eigenvalue weighted by molar-refractivity contribution is 5.94. The minimum Gasteiger partial charge on any atom is -0.508 e. The van der Waals surface area contributed by atoms with Crippen LogP contribution in [0.25, 0.3) is 0 Å². The number of hydrogen-bond donors (Lipinski definition) is 3. The summed E-state index contributed by atoms with van der Waals surface area (Å²) in [7, 11) is 0. The normalized spacial score (nSPS) is 10.5. The van der Waals surface area contributed by atoms with E-state index < -0.39 is 5.91 Å². The third-order valence-corrected chi connectivity index (χ3v) is 4.10. The highest BCUT2D eigenvalue weighted by atomic mass is 16.5. The second kappa shape index (κ2) is 8.83. The molecule has 0 atom stereocenters. The van der Waals surface area contributed by atoms with Gasteiger partial charge in [0.05, 0.1) is 12.8 Å². The van der Waals surface area contributed by atoms with Crippen LogP contribution in [-0.4, -0.2) is 33.5 Å². The molecule has 2 aromatic carbocycles. The van der Waals surface area contributed by atoms with Gasteiger partial charge in [0.1, 0.15) is 11.5 Å². The number of carbonyl (C=O) groups is 2. The van der Waals surface area contributed by atoms with E-state index in [9.17, 15) is 19.8 Å². The summed E-state index contributed by atoms with van der Waals surface area (Å²) >= 11 is 0. The number of nitrogens with two attached hydrogens (primary N) is 1. The fourth-order valence-electron chi connectivity index (χ4n) is 2.72. The number of phenols is 2. The molecular weight excluding hydrogens is 376 g/mol. The Labute approximate surface area is 166 Å². The first-order valence-corrected chi connectivity index (χ1v) is 8.76. The molecule has 1 heterocycles. The van der Waals surface area contributed by atoms with Crippen LogP contribution >= 0.6 is 0 Å². The van der Waals surface area contributed by atoms with Crippen molar-refractivity contribution >= 4 is 11.8 Å². The first-order valence-electron chi connectivity index (χ1n) is 8.76. The molecule has 0 spiro atoms. The number of phenolic OH excluding ortho intramolecular Hbond substituents is 2. The van der Waals surface area contributed by atoms with Crippen molar-refractivity contribution in [2.75, 3.05) is 6.61 Å². The number of carbonyl (C=O) groups excluding carboxylic acids is 2. The molecule has 8 nitrogen and oxygen atoms in total. The summed E-state index contributed by atoms with van der Waals surface area (Å²) in [6.07, 6.45) is 1.52. The maximum Gasteiger partial charge on any atom is 0.255 e. The number of primary amides is 1. The first-order chi connectivity index (χ1) is 13.9. The van der Waals surface area contributed by atoms with Gasteiger partial charge in [0, 0.05) is 12.1 Å². The van der Waals surface area contributed by atoms with Crippen LogP contribution in [0.2, 0.25) is 0 Å². The van der Waals surface area contributed by atoms with Gasteiger partial charge in [-0.1, -0.05) is 12.1 Å². The van der Waals surface area contributed by atoms with E-state index in [2.05, 4.69) is 0 Å². The molecular formula is C21H20N2O6. The van der Waals surface area contributed by atoms with Gasteiger partial charge >= 0.3 is 0 Å². The van der Waals surface area contributed by atoms with Crippen molar-refractivity contribution in [3.63, 3.8) is 0 Å². The molecule has 0 saturated heterocycles. The number of rotatable bonds is 8. The van der Waals surface area contributed by atoms with Gasteiger partial charge in [0.15, 0.2) is 18.1 Å². The fourth-order valence-corrected chi connectivity index (χ4v) is 2.72. The average Bonchev–Trinajstić information content (AvgIpc) is 3.20. The Balaban J connectivity index is 1.82. The van der Waals surface area contributed by atoms with Crippen molar-refractivity contribution < 1.29 is 29.0 Å². The lowest BCUT2D eigenvalue weighted by Crippen LogP contribution is -2.30. The third kappa shape index (κ3) is 5.29. The third-order valence-electron chi connectivity index (χ3n) is 4.10. The van der Waals surface area contributed by atoms with Crippen LogP contribution < -0.4 is 10.5 Å². The lowest BCUT2D eigenvalue weighted by atomic mass is 10.1. The molecule has 29 heavy (non-hydrogen) atoms. The number of benzene rings is 2. The fraction of sp³-hybridized carbons (Fsp3) is 0.143. The maximum atomic E-state index is 13.1. The van der Waals surface area contributed by atoms with E-state index in [0.717, 1.165) is 5.56 Å². The molecule has 0 saturated carbocycles. The summed E-state index contributed by atoms with van der Waals surface area (Å²) in [6.45, 7) is 0.0974. The van der Waals surface area contributed by atoms with Crippen LogP contribution in [0, 0.1) is 0 Å². The molecule has 3 rings (SSSR count). The zero-order valence-corrected chi connectivity index (χ0v) is 15.4. The SMILES string of the molecule is NC(=O)COc1ccc(C(=O)N(Cc2ccc(O)cc2)Cc2ccco2)cc1O. The van der Waals surface area contributed by atoms with E-state index in [4.69, 9.17) is 14.9 Å². The molecule has 0 radical (unpaired) electrons. The summed E-state index contributed by atoms with van der Waals surface area (Å²) in [5, 5.41) is 19.6. The Kier molecular flexibility index (Phi) is 6.03. The number of furan rings is 1. The standard InChI is InChI=1S/C21H20N2O6/c22-20(26)13-29-19-8-5-15(10-18(19)25)21(27)23(12-17-2-1-9-28-17)11-14-3-6-16(24)7-4-14/h1-10,24-25H,11-13H2,(H2,22,26). The summed E-state index contributed by atoms with van der Waals surface area (Å²) in [5.74, 6) is -0.512. The van der Waals surface area contributed by atoms with Gasteiger partial charge in [-0.15, -0.1) is 0 Å². The van der Waals surface area contributed by atoms with Crippen LogP contribution in [0.5, 0.6) is 17.2 Å². The average molecular weight is 396 g/mol. The quantitative estimate of drug-likeness (QED) is 0.537. The zero-order chi connectivity index (χ0) is 20.8. The lowest BCUT2D eigenvalue weighted by Gasteiger charge is -2.22. The Morgan fingerprint density at radius 2 is 1.79 bits per heavy atom. The van der Waals surface area contributed by atoms with Gasteiger partial charge < -0.3 is 30.0 Å². The van der Waals surface area contributed by atoms with Crippen molar-refractivity contribution in [3.8, 4) is 17.2 Å². The van der Waals surface area contributed by atoms with Crippen molar-refractivity contribution in [1.82, 2.24) is 4.90 Å². The predicted octanol–water partition coefficient (Wildman–Crippen LogP) is 2.40.